The van der Waals surface area contributed by atoms with Crippen LogP contribution in [-0.4, -0.2) is 25.3 Å². The van der Waals surface area contributed by atoms with Gasteiger partial charge in [0.2, 0.25) is 0 Å². The van der Waals surface area contributed by atoms with E-state index in [1.807, 2.05) is 60.7 Å². The van der Waals surface area contributed by atoms with E-state index >= 15 is 0 Å². The van der Waals surface area contributed by atoms with Gasteiger partial charge in [0.1, 0.15) is 18.1 Å². The van der Waals surface area contributed by atoms with Crippen molar-refractivity contribution in [2.24, 2.45) is 11.8 Å². The molecular formula is C26H33NO4. The first-order valence-corrected chi connectivity index (χ1v) is 10.9. The highest BCUT2D eigenvalue weighted by Crippen LogP contribution is 2.43. The van der Waals surface area contributed by atoms with E-state index in [1.165, 1.54) is 0 Å². The summed E-state index contributed by atoms with van der Waals surface area (Å²) in [6, 6.07) is 17.3. The SMILES string of the molecule is C=CC[C@@]1(NC(=O)OCc2ccccc2)CCC[C@@H]1[C@@H](C)COc1ccc(OC)cc1. The summed E-state index contributed by atoms with van der Waals surface area (Å²) < 4.78 is 16.7. The predicted octanol–water partition coefficient (Wildman–Crippen LogP) is 5.75. The maximum absolute atomic E-state index is 12.6. The molecule has 0 bridgehead atoms. The van der Waals surface area contributed by atoms with Gasteiger partial charge in [-0.25, -0.2) is 4.79 Å². The van der Waals surface area contributed by atoms with Crippen LogP contribution in [0.1, 0.15) is 38.2 Å². The van der Waals surface area contributed by atoms with Gasteiger partial charge in [0.05, 0.1) is 13.7 Å². The quantitative estimate of drug-likeness (QED) is 0.494. The van der Waals surface area contributed by atoms with Crippen LogP contribution in [0.25, 0.3) is 0 Å². The molecule has 0 unspecified atom stereocenters. The zero-order valence-corrected chi connectivity index (χ0v) is 18.5. The Morgan fingerprint density at radius 3 is 2.58 bits per heavy atom. The zero-order chi connectivity index (χ0) is 22.1. The molecule has 1 amide bonds. The van der Waals surface area contributed by atoms with E-state index in [2.05, 4.69) is 18.8 Å². The van der Waals surface area contributed by atoms with Gasteiger partial charge in [-0.1, -0.05) is 49.8 Å². The molecule has 166 valence electrons. The number of carbonyl (C=O) groups is 1. The second-order valence-corrected chi connectivity index (χ2v) is 8.30. The average molecular weight is 424 g/mol. The van der Waals surface area contributed by atoms with Crippen LogP contribution in [0.2, 0.25) is 0 Å². The lowest BCUT2D eigenvalue weighted by Crippen LogP contribution is -2.53. The molecule has 0 spiro atoms. The number of hydrogen-bond acceptors (Lipinski definition) is 4. The number of amides is 1. The van der Waals surface area contributed by atoms with Crippen molar-refractivity contribution in [3.05, 3.63) is 72.8 Å². The number of ether oxygens (including phenoxy) is 3. The molecule has 1 saturated carbocycles. The first-order chi connectivity index (χ1) is 15.1. The number of methoxy groups -OCH3 is 1. The Morgan fingerprint density at radius 1 is 1.19 bits per heavy atom. The Balaban J connectivity index is 1.60. The fraction of sp³-hybridized carbons (Fsp3) is 0.423. The standard InChI is InChI=1S/C26H33NO4/c1-4-16-26(27-25(28)31-19-21-9-6-5-7-10-21)17-8-11-24(26)20(2)18-30-23-14-12-22(29-3)13-15-23/h4-7,9-10,12-15,20,24H,1,8,11,16-19H2,2-3H3,(H,27,28)/t20-,24+,26+/m0/s1. The topological polar surface area (TPSA) is 56.8 Å². The third-order valence-electron chi connectivity index (χ3n) is 6.18. The summed E-state index contributed by atoms with van der Waals surface area (Å²) in [5.74, 6) is 2.17. The number of benzene rings is 2. The number of carbonyl (C=O) groups excluding carboxylic acids is 1. The number of alkyl carbamates (subject to hydrolysis) is 1. The Hall–Kier alpha value is -2.95. The number of hydrogen-bond donors (Lipinski definition) is 1. The molecule has 0 aromatic heterocycles. The second-order valence-electron chi connectivity index (χ2n) is 8.30. The second kappa shape index (κ2) is 10.9. The Labute approximate surface area is 185 Å². The molecule has 3 atom stereocenters. The first-order valence-electron chi connectivity index (χ1n) is 10.9. The molecule has 5 heteroatoms. The molecule has 3 rings (SSSR count). The summed E-state index contributed by atoms with van der Waals surface area (Å²) in [6.07, 6.45) is 5.25. The molecule has 1 aliphatic rings. The van der Waals surface area contributed by atoms with Crippen molar-refractivity contribution in [3.8, 4) is 11.5 Å². The van der Waals surface area contributed by atoms with Crippen molar-refractivity contribution >= 4 is 6.09 Å². The van der Waals surface area contributed by atoms with Crippen LogP contribution in [0, 0.1) is 11.8 Å². The Morgan fingerprint density at radius 2 is 1.90 bits per heavy atom. The lowest BCUT2D eigenvalue weighted by Gasteiger charge is -2.38. The molecule has 0 saturated heterocycles. The summed E-state index contributed by atoms with van der Waals surface area (Å²) in [5.41, 5.74) is 0.623. The van der Waals surface area contributed by atoms with Gasteiger partial charge in [-0.15, -0.1) is 6.58 Å². The summed E-state index contributed by atoms with van der Waals surface area (Å²) in [5, 5.41) is 3.20. The predicted molar refractivity (Wildman–Crippen MR) is 122 cm³/mol. The maximum atomic E-state index is 12.6. The monoisotopic (exact) mass is 423 g/mol. The fourth-order valence-electron chi connectivity index (χ4n) is 4.62. The lowest BCUT2D eigenvalue weighted by atomic mass is 9.77. The van der Waals surface area contributed by atoms with Crippen LogP contribution in [0.5, 0.6) is 11.5 Å². The van der Waals surface area contributed by atoms with Crippen LogP contribution >= 0.6 is 0 Å². The molecule has 0 radical (unpaired) electrons. The van der Waals surface area contributed by atoms with Crippen molar-refractivity contribution in [3.63, 3.8) is 0 Å². The number of nitrogens with one attached hydrogen (secondary N) is 1. The normalized spacial score (nSPS) is 21.2. The van der Waals surface area contributed by atoms with E-state index in [0.717, 1.165) is 36.3 Å². The van der Waals surface area contributed by atoms with Gasteiger partial charge in [-0.05, 0) is 60.9 Å². The minimum Gasteiger partial charge on any atom is -0.497 e. The van der Waals surface area contributed by atoms with Gasteiger partial charge in [-0.2, -0.15) is 0 Å². The summed E-state index contributed by atoms with van der Waals surface area (Å²) in [7, 11) is 1.65. The van der Waals surface area contributed by atoms with E-state index in [0.29, 0.717) is 13.0 Å². The van der Waals surface area contributed by atoms with Gasteiger partial charge >= 0.3 is 6.09 Å². The van der Waals surface area contributed by atoms with E-state index in [9.17, 15) is 4.79 Å². The Kier molecular flexibility index (Phi) is 7.99. The van der Waals surface area contributed by atoms with Crippen molar-refractivity contribution in [2.75, 3.05) is 13.7 Å². The molecule has 2 aromatic carbocycles. The van der Waals surface area contributed by atoms with E-state index in [4.69, 9.17) is 14.2 Å². The molecule has 0 heterocycles. The van der Waals surface area contributed by atoms with Crippen molar-refractivity contribution in [2.45, 2.75) is 44.8 Å². The van der Waals surface area contributed by atoms with Gasteiger partial charge in [-0.3, -0.25) is 0 Å². The Bertz CT molecular complexity index is 836. The van der Waals surface area contributed by atoms with Crippen LogP contribution in [0.4, 0.5) is 4.79 Å². The van der Waals surface area contributed by atoms with E-state index in [1.54, 1.807) is 7.11 Å². The zero-order valence-electron chi connectivity index (χ0n) is 18.5. The van der Waals surface area contributed by atoms with Crippen LogP contribution in [0.3, 0.4) is 0 Å². The van der Waals surface area contributed by atoms with Gasteiger partial charge in [0, 0.05) is 5.54 Å². The molecule has 1 N–H and O–H groups in total. The fourth-order valence-corrected chi connectivity index (χ4v) is 4.62. The van der Waals surface area contributed by atoms with Crippen molar-refractivity contribution in [1.29, 1.82) is 0 Å². The summed E-state index contributed by atoms with van der Waals surface area (Å²) in [4.78, 5) is 12.6. The van der Waals surface area contributed by atoms with E-state index in [-0.39, 0.29) is 30.1 Å². The van der Waals surface area contributed by atoms with Gasteiger partial charge in [0.15, 0.2) is 0 Å². The summed E-state index contributed by atoms with van der Waals surface area (Å²) in [6.45, 7) is 6.97. The molecule has 1 aliphatic carbocycles. The largest absolute Gasteiger partial charge is 0.497 e. The molecule has 0 aliphatic heterocycles. The third kappa shape index (κ3) is 6.03. The molecule has 2 aromatic rings. The van der Waals surface area contributed by atoms with Crippen molar-refractivity contribution in [1.82, 2.24) is 5.32 Å². The van der Waals surface area contributed by atoms with Gasteiger partial charge < -0.3 is 19.5 Å². The average Bonchev–Trinajstić information content (AvgIpc) is 3.20. The van der Waals surface area contributed by atoms with Crippen molar-refractivity contribution < 1.29 is 19.0 Å². The smallest absolute Gasteiger partial charge is 0.407 e. The van der Waals surface area contributed by atoms with Crippen LogP contribution < -0.4 is 14.8 Å². The highest BCUT2D eigenvalue weighted by Gasteiger charge is 2.46. The minimum absolute atomic E-state index is 0.262. The van der Waals surface area contributed by atoms with Crippen LogP contribution in [-0.2, 0) is 11.3 Å². The minimum atomic E-state index is -0.374. The summed E-state index contributed by atoms with van der Waals surface area (Å²) >= 11 is 0. The highest BCUT2D eigenvalue weighted by atomic mass is 16.5. The van der Waals surface area contributed by atoms with E-state index < -0.39 is 0 Å². The maximum Gasteiger partial charge on any atom is 0.407 e. The lowest BCUT2D eigenvalue weighted by molar-refractivity contribution is 0.0998. The highest BCUT2D eigenvalue weighted by molar-refractivity contribution is 5.68. The molecule has 5 nitrogen and oxygen atoms in total. The first kappa shape index (κ1) is 22.7. The van der Waals surface area contributed by atoms with Crippen LogP contribution in [0.15, 0.2) is 67.3 Å². The number of rotatable bonds is 10. The molecule has 31 heavy (non-hydrogen) atoms. The molecular weight excluding hydrogens is 390 g/mol. The third-order valence-corrected chi connectivity index (χ3v) is 6.18. The molecule has 1 fully saturated rings. The van der Waals surface area contributed by atoms with Gasteiger partial charge in [0.25, 0.3) is 0 Å².